The van der Waals surface area contributed by atoms with Gasteiger partial charge in [-0.1, -0.05) is 37.3 Å². The molecule has 0 saturated heterocycles. The summed E-state index contributed by atoms with van der Waals surface area (Å²) in [5.41, 5.74) is 11.4. The predicted octanol–water partition coefficient (Wildman–Crippen LogP) is 2.60. The SMILES string of the molecule is CCc1ccc(/C=N\NC(=O)c2cccc(N)c2)cc1. The second kappa shape index (κ2) is 6.52. The van der Waals surface area contributed by atoms with Crippen LogP contribution < -0.4 is 11.2 Å². The minimum absolute atomic E-state index is 0.279. The first-order valence-electron chi connectivity index (χ1n) is 6.47. The summed E-state index contributed by atoms with van der Waals surface area (Å²) in [5.74, 6) is -0.279. The normalized spacial score (nSPS) is 10.7. The number of nitrogens with one attached hydrogen (secondary N) is 1. The van der Waals surface area contributed by atoms with Crippen LogP contribution in [0.15, 0.2) is 53.6 Å². The molecule has 0 radical (unpaired) electrons. The number of nitrogens with two attached hydrogens (primary N) is 1. The van der Waals surface area contributed by atoms with Crippen LogP contribution in [0.3, 0.4) is 0 Å². The van der Waals surface area contributed by atoms with Crippen molar-refractivity contribution in [3.05, 3.63) is 65.2 Å². The lowest BCUT2D eigenvalue weighted by Gasteiger charge is -2.01. The highest BCUT2D eigenvalue weighted by Gasteiger charge is 2.03. The Labute approximate surface area is 118 Å². The number of hydrogen-bond donors (Lipinski definition) is 2. The summed E-state index contributed by atoms with van der Waals surface area (Å²) in [6.45, 7) is 2.11. The average molecular weight is 267 g/mol. The molecule has 0 heterocycles. The van der Waals surface area contributed by atoms with Gasteiger partial charge in [-0.25, -0.2) is 5.43 Å². The predicted molar refractivity (Wildman–Crippen MR) is 81.7 cm³/mol. The van der Waals surface area contributed by atoms with Crippen LogP contribution >= 0.6 is 0 Å². The van der Waals surface area contributed by atoms with Crippen LogP contribution in [-0.2, 0) is 6.42 Å². The third-order valence-corrected chi connectivity index (χ3v) is 2.92. The van der Waals surface area contributed by atoms with Gasteiger partial charge in [0.2, 0.25) is 0 Å². The fourth-order valence-corrected chi connectivity index (χ4v) is 1.75. The van der Waals surface area contributed by atoms with Gasteiger partial charge in [-0.05, 0) is 35.7 Å². The molecule has 4 heteroatoms. The monoisotopic (exact) mass is 267 g/mol. The number of carbonyl (C=O) groups is 1. The van der Waals surface area contributed by atoms with E-state index in [1.54, 1.807) is 30.5 Å². The highest BCUT2D eigenvalue weighted by atomic mass is 16.2. The van der Waals surface area contributed by atoms with Crippen molar-refractivity contribution < 1.29 is 4.79 Å². The van der Waals surface area contributed by atoms with Crippen LogP contribution in [0, 0.1) is 0 Å². The van der Waals surface area contributed by atoms with E-state index in [-0.39, 0.29) is 5.91 Å². The van der Waals surface area contributed by atoms with E-state index in [9.17, 15) is 4.79 Å². The molecule has 3 N–H and O–H groups in total. The molecule has 4 nitrogen and oxygen atoms in total. The summed E-state index contributed by atoms with van der Waals surface area (Å²) in [6.07, 6.45) is 2.62. The van der Waals surface area contributed by atoms with Gasteiger partial charge < -0.3 is 5.73 Å². The molecular weight excluding hydrogens is 250 g/mol. The zero-order valence-corrected chi connectivity index (χ0v) is 11.3. The van der Waals surface area contributed by atoms with Crippen LogP contribution in [0.2, 0.25) is 0 Å². The highest BCUT2D eigenvalue weighted by molar-refractivity contribution is 5.95. The molecule has 0 bridgehead atoms. The van der Waals surface area contributed by atoms with Gasteiger partial charge >= 0.3 is 0 Å². The molecule has 102 valence electrons. The second-order valence-electron chi connectivity index (χ2n) is 4.42. The number of hydrogen-bond acceptors (Lipinski definition) is 3. The van der Waals surface area contributed by atoms with E-state index in [1.807, 2.05) is 24.3 Å². The summed E-state index contributed by atoms with van der Waals surface area (Å²) in [7, 11) is 0. The number of carbonyl (C=O) groups excluding carboxylic acids is 1. The Kier molecular flexibility index (Phi) is 4.50. The third-order valence-electron chi connectivity index (χ3n) is 2.92. The molecule has 0 aliphatic rings. The molecule has 0 unspecified atom stereocenters. The zero-order chi connectivity index (χ0) is 14.4. The Hall–Kier alpha value is -2.62. The molecule has 0 aromatic heterocycles. The number of nitrogen functional groups attached to an aromatic ring is 1. The summed E-state index contributed by atoms with van der Waals surface area (Å²) in [6, 6.07) is 14.8. The maximum atomic E-state index is 11.8. The largest absolute Gasteiger partial charge is 0.399 e. The summed E-state index contributed by atoms with van der Waals surface area (Å²) < 4.78 is 0. The molecule has 0 aliphatic carbocycles. The van der Waals surface area contributed by atoms with Gasteiger partial charge in [0.25, 0.3) is 5.91 Å². The molecule has 0 saturated carbocycles. The molecule has 0 fully saturated rings. The van der Waals surface area contributed by atoms with E-state index in [2.05, 4.69) is 17.5 Å². The Bertz CT molecular complexity index is 618. The average Bonchev–Trinajstić information content (AvgIpc) is 2.48. The van der Waals surface area contributed by atoms with E-state index in [4.69, 9.17) is 5.73 Å². The Morgan fingerprint density at radius 3 is 2.65 bits per heavy atom. The number of aryl methyl sites for hydroxylation is 1. The van der Waals surface area contributed by atoms with Crippen LogP contribution in [0.25, 0.3) is 0 Å². The van der Waals surface area contributed by atoms with Crippen LogP contribution in [0.1, 0.15) is 28.4 Å². The quantitative estimate of drug-likeness (QED) is 0.508. The first kappa shape index (κ1) is 13.8. The van der Waals surface area contributed by atoms with E-state index < -0.39 is 0 Å². The maximum absolute atomic E-state index is 11.8. The molecule has 2 rings (SSSR count). The van der Waals surface area contributed by atoms with Crippen molar-refractivity contribution in [2.24, 2.45) is 5.10 Å². The maximum Gasteiger partial charge on any atom is 0.271 e. The minimum Gasteiger partial charge on any atom is -0.399 e. The van der Waals surface area contributed by atoms with Gasteiger partial charge in [0, 0.05) is 11.3 Å². The Morgan fingerprint density at radius 2 is 2.00 bits per heavy atom. The van der Waals surface area contributed by atoms with Gasteiger partial charge in [0.05, 0.1) is 6.21 Å². The van der Waals surface area contributed by atoms with Crippen LogP contribution in [0.5, 0.6) is 0 Å². The van der Waals surface area contributed by atoms with Crippen molar-refractivity contribution in [3.8, 4) is 0 Å². The van der Waals surface area contributed by atoms with Crippen molar-refractivity contribution in [3.63, 3.8) is 0 Å². The molecule has 0 spiro atoms. The van der Waals surface area contributed by atoms with Crippen molar-refractivity contribution in [2.45, 2.75) is 13.3 Å². The Morgan fingerprint density at radius 1 is 1.25 bits per heavy atom. The lowest BCUT2D eigenvalue weighted by Crippen LogP contribution is -2.17. The van der Waals surface area contributed by atoms with Crippen molar-refractivity contribution in [1.82, 2.24) is 5.43 Å². The fourth-order valence-electron chi connectivity index (χ4n) is 1.75. The molecule has 0 atom stereocenters. The molecule has 1 amide bonds. The first-order valence-corrected chi connectivity index (χ1v) is 6.47. The van der Waals surface area contributed by atoms with Crippen molar-refractivity contribution in [1.29, 1.82) is 0 Å². The number of benzene rings is 2. The Balaban J connectivity index is 1.97. The van der Waals surface area contributed by atoms with Crippen LogP contribution in [0.4, 0.5) is 5.69 Å². The number of amides is 1. The second-order valence-corrected chi connectivity index (χ2v) is 4.42. The van der Waals surface area contributed by atoms with Gasteiger partial charge in [-0.15, -0.1) is 0 Å². The van der Waals surface area contributed by atoms with Gasteiger partial charge in [-0.3, -0.25) is 4.79 Å². The third kappa shape index (κ3) is 3.68. The number of anilines is 1. The zero-order valence-electron chi connectivity index (χ0n) is 11.3. The standard InChI is InChI=1S/C16H17N3O/c1-2-12-6-8-13(9-7-12)11-18-19-16(20)14-4-3-5-15(17)10-14/h3-11H,2,17H2,1H3,(H,19,20)/b18-11-. The van der Waals surface area contributed by atoms with Crippen molar-refractivity contribution >= 4 is 17.8 Å². The molecule has 20 heavy (non-hydrogen) atoms. The topological polar surface area (TPSA) is 67.5 Å². The van der Waals surface area contributed by atoms with E-state index in [1.165, 1.54) is 5.56 Å². The summed E-state index contributed by atoms with van der Waals surface area (Å²) in [4.78, 5) is 11.8. The summed E-state index contributed by atoms with van der Waals surface area (Å²) >= 11 is 0. The van der Waals surface area contributed by atoms with E-state index in [0.717, 1.165) is 12.0 Å². The molecular formula is C16H17N3O. The number of nitrogens with zero attached hydrogens (tertiary/aromatic N) is 1. The number of hydrazone groups is 1. The molecule has 2 aromatic rings. The molecule has 0 aliphatic heterocycles. The number of rotatable bonds is 4. The van der Waals surface area contributed by atoms with Crippen molar-refractivity contribution in [2.75, 3.05) is 5.73 Å². The molecule has 2 aromatic carbocycles. The van der Waals surface area contributed by atoms with Crippen LogP contribution in [-0.4, -0.2) is 12.1 Å². The smallest absolute Gasteiger partial charge is 0.271 e. The lowest BCUT2D eigenvalue weighted by atomic mass is 10.1. The summed E-state index contributed by atoms with van der Waals surface area (Å²) in [5, 5.41) is 3.94. The highest BCUT2D eigenvalue weighted by Crippen LogP contribution is 2.06. The van der Waals surface area contributed by atoms with E-state index >= 15 is 0 Å². The van der Waals surface area contributed by atoms with Gasteiger partial charge in [-0.2, -0.15) is 5.10 Å². The van der Waals surface area contributed by atoms with Gasteiger partial charge in [0.15, 0.2) is 0 Å². The lowest BCUT2D eigenvalue weighted by molar-refractivity contribution is 0.0955. The minimum atomic E-state index is -0.279. The fraction of sp³-hybridized carbons (Fsp3) is 0.125. The van der Waals surface area contributed by atoms with E-state index in [0.29, 0.717) is 11.3 Å². The first-order chi connectivity index (χ1) is 9.69. The van der Waals surface area contributed by atoms with Gasteiger partial charge in [0.1, 0.15) is 0 Å².